The number of imidazole rings is 2. The van der Waals surface area contributed by atoms with E-state index in [1.54, 1.807) is 0 Å². The molecule has 14 heteroatoms. The number of hydrogen-bond donors (Lipinski definition) is 0. The van der Waals surface area contributed by atoms with E-state index in [0.29, 0.717) is 0 Å². The molecule has 2 aromatic rings. The number of halogens is 8. The zero-order valence-corrected chi connectivity index (χ0v) is 14.3. The monoisotopic (exact) mass is 394 g/mol. The second kappa shape index (κ2) is 10.9. The topological polar surface area (TPSA) is 17.6 Å². The van der Waals surface area contributed by atoms with Crippen molar-refractivity contribution < 1.29 is 43.7 Å². The number of unbranched alkanes of at least 4 members (excludes halogenated alkanes) is 1. The second-order valence-electron chi connectivity index (χ2n) is 5.33. The first-order chi connectivity index (χ1) is 11.7. The largest absolute Gasteiger partial charge is 0.673 e. The third-order valence-electron chi connectivity index (χ3n) is 2.73. The fraction of sp³-hybridized carbons (Fsp3) is 0.500. The Morgan fingerprint density at radius 3 is 1.12 bits per heavy atom. The highest BCUT2D eigenvalue weighted by Gasteiger charge is 2.21. The van der Waals surface area contributed by atoms with Crippen LogP contribution in [0.25, 0.3) is 0 Å². The molecule has 0 saturated heterocycles. The van der Waals surface area contributed by atoms with E-state index in [4.69, 9.17) is 0 Å². The maximum absolute atomic E-state index is 9.75. The first kappa shape index (κ1) is 24.0. The third-order valence-corrected chi connectivity index (χ3v) is 2.73. The zero-order valence-electron chi connectivity index (χ0n) is 14.3. The van der Waals surface area contributed by atoms with Crippen LogP contribution in [0.4, 0.5) is 34.5 Å². The van der Waals surface area contributed by atoms with E-state index in [9.17, 15) is 34.5 Å². The van der Waals surface area contributed by atoms with E-state index in [-0.39, 0.29) is 0 Å². The predicted molar refractivity (Wildman–Crippen MR) is 80.8 cm³/mol. The smallest absolute Gasteiger partial charge is 0.418 e. The molecule has 0 aliphatic heterocycles. The molecular weight excluding hydrogens is 374 g/mol. The molecule has 0 bridgehead atoms. The molecule has 0 unspecified atom stereocenters. The summed E-state index contributed by atoms with van der Waals surface area (Å²) in [7, 11) is -7.90. The van der Waals surface area contributed by atoms with E-state index in [2.05, 4.69) is 69.8 Å². The van der Waals surface area contributed by atoms with Gasteiger partial charge in [0, 0.05) is 0 Å². The van der Waals surface area contributed by atoms with Gasteiger partial charge in [0.15, 0.2) is 0 Å². The Bertz CT molecular complexity index is 557. The molecule has 0 N–H and O–H groups in total. The molecule has 0 amide bonds. The van der Waals surface area contributed by atoms with Crippen LogP contribution in [-0.2, 0) is 27.2 Å². The summed E-state index contributed by atoms with van der Waals surface area (Å²) >= 11 is 0. The Morgan fingerprint density at radius 2 is 0.923 bits per heavy atom. The molecule has 0 saturated carbocycles. The van der Waals surface area contributed by atoms with E-state index in [0.717, 1.165) is 13.1 Å². The molecule has 150 valence electrons. The van der Waals surface area contributed by atoms with E-state index in [1.807, 2.05) is 0 Å². The van der Waals surface area contributed by atoms with Gasteiger partial charge >= 0.3 is 14.5 Å². The minimum absolute atomic E-state index is 1.11. The maximum atomic E-state index is 9.75. The van der Waals surface area contributed by atoms with Crippen LogP contribution in [0.5, 0.6) is 0 Å². The highest BCUT2D eigenvalue weighted by atomic mass is 19.5. The predicted octanol–water partition coefficient (Wildman–Crippen LogP) is 3.02. The van der Waals surface area contributed by atoms with Gasteiger partial charge in [0.05, 0.1) is 27.2 Å². The van der Waals surface area contributed by atoms with Crippen molar-refractivity contribution in [1.82, 2.24) is 9.13 Å². The molecule has 26 heavy (non-hydrogen) atoms. The first-order valence-electron chi connectivity index (χ1n) is 7.50. The highest BCUT2D eigenvalue weighted by molar-refractivity contribution is 6.50. The summed E-state index contributed by atoms with van der Waals surface area (Å²) in [5, 5.41) is 0. The minimum Gasteiger partial charge on any atom is -0.418 e. The minimum atomic E-state index is -6.00. The molecule has 2 aromatic heterocycles. The summed E-state index contributed by atoms with van der Waals surface area (Å²) in [5.74, 6) is 0. The Morgan fingerprint density at radius 1 is 0.654 bits per heavy atom. The molecule has 2 rings (SSSR count). The van der Waals surface area contributed by atoms with E-state index < -0.39 is 14.5 Å². The molecule has 0 fully saturated rings. The van der Waals surface area contributed by atoms with Crippen molar-refractivity contribution in [2.75, 3.05) is 0 Å². The van der Waals surface area contributed by atoms with Crippen molar-refractivity contribution in [3.63, 3.8) is 0 Å². The lowest BCUT2D eigenvalue weighted by molar-refractivity contribution is -0.671. The fourth-order valence-electron chi connectivity index (χ4n) is 1.86. The number of hydrogen-bond acceptors (Lipinski definition) is 0. The van der Waals surface area contributed by atoms with Gasteiger partial charge in [0.1, 0.15) is 24.8 Å². The van der Waals surface area contributed by atoms with Crippen LogP contribution in [0.1, 0.15) is 12.8 Å². The van der Waals surface area contributed by atoms with Crippen molar-refractivity contribution in [2.45, 2.75) is 25.9 Å². The van der Waals surface area contributed by atoms with Crippen LogP contribution in [-0.4, -0.2) is 23.6 Å². The maximum Gasteiger partial charge on any atom is 0.673 e. The van der Waals surface area contributed by atoms with Gasteiger partial charge in [-0.05, 0) is 12.8 Å². The molecule has 0 aliphatic carbocycles. The summed E-state index contributed by atoms with van der Waals surface area (Å²) < 4.78 is 86.6. The van der Waals surface area contributed by atoms with Crippen LogP contribution in [0, 0.1) is 0 Å². The summed E-state index contributed by atoms with van der Waals surface area (Å²) in [5.41, 5.74) is 0. The SMILES string of the molecule is C[n+]1ccn(CCCCn2cc[n+](C)c2)c1.F[B-](F)(F)F.F[B-](F)(F)F. The van der Waals surface area contributed by atoms with Crippen LogP contribution < -0.4 is 9.13 Å². The Labute approximate surface area is 145 Å². The van der Waals surface area contributed by atoms with Gasteiger partial charge in [-0.2, -0.15) is 0 Å². The van der Waals surface area contributed by atoms with Crippen LogP contribution in [0.15, 0.2) is 37.4 Å². The standard InChI is InChI=1S/C12H20N4.2BF4/c1-13-7-9-15(11-13)5-3-4-6-16-10-8-14(2)12-16;2*2-1(3,4)5/h7-12H,3-6H2,1-2H3;;/q+2;2*-1. The van der Waals surface area contributed by atoms with Gasteiger partial charge in [-0.15, -0.1) is 0 Å². The molecule has 0 aromatic carbocycles. The van der Waals surface area contributed by atoms with Gasteiger partial charge < -0.3 is 34.5 Å². The van der Waals surface area contributed by atoms with Crippen molar-refractivity contribution in [3.8, 4) is 0 Å². The molecule has 0 radical (unpaired) electrons. The van der Waals surface area contributed by atoms with Gasteiger partial charge in [0.2, 0.25) is 12.7 Å². The number of aryl methyl sites for hydroxylation is 4. The van der Waals surface area contributed by atoms with Crippen molar-refractivity contribution in [2.24, 2.45) is 14.1 Å². The quantitative estimate of drug-likeness (QED) is 0.321. The Kier molecular flexibility index (Phi) is 10.0. The number of rotatable bonds is 5. The third kappa shape index (κ3) is 18.3. The lowest BCUT2D eigenvalue weighted by Crippen LogP contribution is -2.24. The number of aromatic nitrogens is 4. The molecule has 4 nitrogen and oxygen atoms in total. The average molecular weight is 394 g/mol. The molecule has 0 aliphatic rings. The van der Waals surface area contributed by atoms with Gasteiger partial charge in [-0.3, -0.25) is 0 Å². The van der Waals surface area contributed by atoms with E-state index in [1.165, 1.54) is 12.8 Å². The normalized spacial score (nSPS) is 11.3. The lowest BCUT2D eigenvalue weighted by Gasteiger charge is -1.96. The lowest BCUT2D eigenvalue weighted by atomic mass is 10.3. The Balaban J connectivity index is 0.000000520. The van der Waals surface area contributed by atoms with Gasteiger partial charge in [-0.1, -0.05) is 0 Å². The number of nitrogens with zero attached hydrogens (tertiary/aromatic N) is 4. The molecule has 0 spiro atoms. The van der Waals surface area contributed by atoms with E-state index >= 15 is 0 Å². The second-order valence-corrected chi connectivity index (χ2v) is 5.33. The van der Waals surface area contributed by atoms with Crippen LogP contribution in [0.3, 0.4) is 0 Å². The molecule has 0 atom stereocenters. The summed E-state index contributed by atoms with van der Waals surface area (Å²) in [6.07, 6.45) is 15.1. The molecular formula is C12H20B2F8N4. The van der Waals surface area contributed by atoms with Crippen molar-refractivity contribution in [3.05, 3.63) is 37.4 Å². The average Bonchev–Trinajstić information content (AvgIpc) is 3.00. The summed E-state index contributed by atoms with van der Waals surface area (Å²) in [6.45, 7) is 2.21. The molecule has 2 heterocycles. The Hall–Kier alpha value is -2.01. The summed E-state index contributed by atoms with van der Waals surface area (Å²) in [6, 6.07) is 0. The van der Waals surface area contributed by atoms with Crippen LogP contribution in [0.2, 0.25) is 0 Å². The zero-order chi connectivity index (χ0) is 20.4. The van der Waals surface area contributed by atoms with Crippen LogP contribution >= 0.6 is 0 Å². The van der Waals surface area contributed by atoms with Gasteiger partial charge in [-0.25, -0.2) is 18.3 Å². The van der Waals surface area contributed by atoms with Crippen molar-refractivity contribution in [1.29, 1.82) is 0 Å². The fourth-order valence-corrected chi connectivity index (χ4v) is 1.86. The van der Waals surface area contributed by atoms with Crippen molar-refractivity contribution >= 4 is 14.5 Å². The highest BCUT2D eigenvalue weighted by Crippen LogP contribution is 2.07. The van der Waals surface area contributed by atoms with Gasteiger partial charge in [0.25, 0.3) is 0 Å². The summed E-state index contributed by atoms with van der Waals surface area (Å²) in [4.78, 5) is 0. The first-order valence-corrected chi connectivity index (χ1v) is 7.50.